The Balaban J connectivity index is 2.26. The van der Waals surface area contributed by atoms with E-state index in [-0.39, 0.29) is 5.76 Å². The van der Waals surface area contributed by atoms with Crippen molar-refractivity contribution in [2.45, 2.75) is 0 Å². The van der Waals surface area contributed by atoms with E-state index in [0.29, 0.717) is 5.75 Å². The predicted octanol–water partition coefficient (Wildman–Crippen LogP) is 2.87. The molecule has 0 atom stereocenters. The van der Waals surface area contributed by atoms with Gasteiger partial charge in [0.1, 0.15) is 11.5 Å². The van der Waals surface area contributed by atoms with Crippen LogP contribution in [-0.4, -0.2) is 13.0 Å². The lowest BCUT2D eigenvalue weighted by Crippen LogP contribution is -2.33. The quantitative estimate of drug-likeness (QED) is 0.282. The van der Waals surface area contributed by atoms with Crippen molar-refractivity contribution in [2.75, 3.05) is 7.11 Å². The highest BCUT2D eigenvalue weighted by Gasteiger charge is 2.11. The van der Waals surface area contributed by atoms with Crippen LogP contribution >= 0.6 is 15.9 Å². The number of carbonyl (C=O) groups excluding carboxylic acids is 1. The lowest BCUT2D eigenvalue weighted by molar-refractivity contribution is -0.119. The van der Waals surface area contributed by atoms with Gasteiger partial charge in [-0.15, -0.1) is 0 Å². The monoisotopic (exact) mass is 362 g/mol. The van der Waals surface area contributed by atoms with Crippen LogP contribution in [0.4, 0.5) is 0 Å². The Morgan fingerprint density at radius 2 is 1.68 bits per heavy atom. The van der Waals surface area contributed by atoms with Gasteiger partial charge in [0.15, 0.2) is 5.76 Å². The minimum absolute atomic E-state index is 0.0926. The molecule has 0 fully saturated rings. The van der Waals surface area contributed by atoms with E-state index in [2.05, 4.69) is 21.4 Å². The minimum Gasteiger partial charge on any atom is -0.497 e. The number of benzene rings is 2. The van der Waals surface area contributed by atoms with E-state index < -0.39 is 5.91 Å². The lowest BCUT2D eigenvalue weighted by atomic mass is 10.2. The molecule has 0 saturated heterocycles. The molecular weight excluding hydrogens is 348 g/mol. The number of hydrazine groups is 1. The predicted molar refractivity (Wildman–Crippen MR) is 88.1 cm³/mol. The van der Waals surface area contributed by atoms with Crippen LogP contribution in [0.25, 0.3) is 6.08 Å². The van der Waals surface area contributed by atoms with Crippen molar-refractivity contribution in [1.29, 1.82) is 0 Å². The van der Waals surface area contributed by atoms with Gasteiger partial charge in [-0.1, -0.05) is 28.1 Å². The third-order valence-corrected chi connectivity index (χ3v) is 3.34. The maximum absolute atomic E-state index is 11.8. The second-order valence-electron chi connectivity index (χ2n) is 4.31. The van der Waals surface area contributed by atoms with Crippen molar-refractivity contribution in [3.05, 3.63) is 64.3 Å². The van der Waals surface area contributed by atoms with E-state index in [1.54, 1.807) is 37.5 Å². The fraction of sp³-hybridized carbons (Fsp3) is 0.0625. The highest BCUT2D eigenvalue weighted by atomic mass is 79.9. The van der Waals surface area contributed by atoms with Crippen molar-refractivity contribution in [3.63, 3.8) is 0 Å². The molecule has 1 amide bonds. The standard InChI is InChI=1S/C16H15BrN2O3/c1-21-13-6-2-11(3-7-13)10-15(16(20)19-18)22-14-8-4-12(17)5-9-14/h2-10H,18H2,1H3,(H,19,20)/b15-10-. The van der Waals surface area contributed by atoms with Gasteiger partial charge in [-0.2, -0.15) is 0 Å². The van der Waals surface area contributed by atoms with E-state index in [1.165, 1.54) is 0 Å². The van der Waals surface area contributed by atoms with Gasteiger partial charge in [0, 0.05) is 4.47 Å². The van der Waals surface area contributed by atoms with Gasteiger partial charge in [-0.05, 0) is 48.0 Å². The molecule has 0 radical (unpaired) electrons. The summed E-state index contributed by atoms with van der Waals surface area (Å²) in [5, 5.41) is 0. The summed E-state index contributed by atoms with van der Waals surface area (Å²) in [5.41, 5.74) is 2.86. The summed E-state index contributed by atoms with van der Waals surface area (Å²) in [4.78, 5) is 11.8. The van der Waals surface area contributed by atoms with Gasteiger partial charge >= 0.3 is 5.91 Å². The molecule has 3 N–H and O–H groups in total. The molecule has 2 rings (SSSR count). The molecule has 0 saturated carbocycles. The topological polar surface area (TPSA) is 73.6 Å². The number of amides is 1. The first-order chi connectivity index (χ1) is 10.6. The van der Waals surface area contributed by atoms with Gasteiger partial charge in [0.25, 0.3) is 0 Å². The molecule has 0 aliphatic carbocycles. The summed E-state index contributed by atoms with van der Waals surface area (Å²) >= 11 is 3.34. The largest absolute Gasteiger partial charge is 0.497 e. The van der Waals surface area contributed by atoms with E-state index >= 15 is 0 Å². The van der Waals surface area contributed by atoms with Crippen molar-refractivity contribution < 1.29 is 14.3 Å². The van der Waals surface area contributed by atoms with Crippen LogP contribution in [0.5, 0.6) is 11.5 Å². The van der Waals surface area contributed by atoms with Gasteiger partial charge in [-0.3, -0.25) is 10.2 Å². The van der Waals surface area contributed by atoms with E-state index in [9.17, 15) is 4.79 Å². The second kappa shape index (κ2) is 7.63. The van der Waals surface area contributed by atoms with Crippen LogP contribution in [-0.2, 0) is 4.79 Å². The summed E-state index contributed by atoms with van der Waals surface area (Å²) in [6, 6.07) is 14.3. The number of ether oxygens (including phenoxy) is 2. The van der Waals surface area contributed by atoms with Gasteiger partial charge in [0.05, 0.1) is 7.11 Å². The molecule has 6 heteroatoms. The molecule has 22 heavy (non-hydrogen) atoms. The Bertz CT molecular complexity index is 667. The number of halogens is 1. The molecule has 5 nitrogen and oxygen atoms in total. The van der Waals surface area contributed by atoms with Crippen LogP contribution < -0.4 is 20.7 Å². The zero-order valence-corrected chi connectivity index (χ0v) is 13.5. The minimum atomic E-state index is -0.515. The molecule has 2 aromatic carbocycles. The highest BCUT2D eigenvalue weighted by Crippen LogP contribution is 2.20. The van der Waals surface area contributed by atoms with Crippen LogP contribution in [0.15, 0.2) is 58.8 Å². The number of rotatable bonds is 5. The van der Waals surface area contributed by atoms with Gasteiger partial charge in [0.2, 0.25) is 0 Å². The van der Waals surface area contributed by atoms with Gasteiger partial charge < -0.3 is 9.47 Å². The first kappa shape index (κ1) is 16.1. The second-order valence-corrected chi connectivity index (χ2v) is 5.23. The molecule has 2 aromatic rings. The van der Waals surface area contributed by atoms with Crippen LogP contribution in [0.2, 0.25) is 0 Å². The number of nitrogens with two attached hydrogens (primary N) is 1. The highest BCUT2D eigenvalue weighted by molar-refractivity contribution is 9.10. The van der Waals surface area contributed by atoms with Crippen molar-refractivity contribution in [3.8, 4) is 11.5 Å². The third-order valence-electron chi connectivity index (χ3n) is 2.81. The molecule has 114 valence electrons. The number of carbonyl (C=O) groups is 1. The number of nitrogens with one attached hydrogen (secondary N) is 1. The van der Waals surface area contributed by atoms with E-state index in [4.69, 9.17) is 15.3 Å². The zero-order chi connectivity index (χ0) is 15.9. The van der Waals surface area contributed by atoms with E-state index in [1.807, 2.05) is 24.3 Å². The maximum atomic E-state index is 11.8. The fourth-order valence-electron chi connectivity index (χ4n) is 1.69. The normalized spacial score (nSPS) is 11.0. The SMILES string of the molecule is COc1ccc(/C=C(\Oc2ccc(Br)cc2)C(=O)NN)cc1. The summed E-state index contributed by atoms with van der Waals surface area (Å²) in [5.74, 6) is 6.05. The first-order valence-electron chi connectivity index (χ1n) is 6.42. The third kappa shape index (κ3) is 4.34. The zero-order valence-electron chi connectivity index (χ0n) is 11.9. The molecule has 0 spiro atoms. The summed E-state index contributed by atoms with van der Waals surface area (Å²) in [6.07, 6.45) is 1.60. The molecule has 0 heterocycles. The van der Waals surface area contributed by atoms with E-state index in [0.717, 1.165) is 15.8 Å². The Morgan fingerprint density at radius 3 is 2.23 bits per heavy atom. The Kier molecular flexibility index (Phi) is 5.57. The molecule has 0 aliphatic rings. The fourth-order valence-corrected chi connectivity index (χ4v) is 1.96. The van der Waals surface area contributed by atoms with Crippen LogP contribution in [0, 0.1) is 0 Å². The Labute approximate surface area is 136 Å². The molecule has 0 aromatic heterocycles. The smallest absolute Gasteiger partial charge is 0.300 e. The maximum Gasteiger partial charge on any atom is 0.300 e. The Hall–Kier alpha value is -2.31. The molecule has 0 unspecified atom stereocenters. The summed E-state index contributed by atoms with van der Waals surface area (Å²) < 4.78 is 11.6. The molecule has 0 aliphatic heterocycles. The Morgan fingerprint density at radius 1 is 1.09 bits per heavy atom. The average Bonchev–Trinajstić information content (AvgIpc) is 2.56. The number of hydrogen-bond acceptors (Lipinski definition) is 4. The molecular formula is C16H15BrN2O3. The van der Waals surface area contributed by atoms with Crippen LogP contribution in [0.3, 0.4) is 0 Å². The molecule has 0 bridgehead atoms. The van der Waals surface area contributed by atoms with Crippen molar-refractivity contribution in [1.82, 2.24) is 5.43 Å². The van der Waals surface area contributed by atoms with Crippen molar-refractivity contribution in [2.24, 2.45) is 5.84 Å². The first-order valence-corrected chi connectivity index (χ1v) is 7.22. The average molecular weight is 363 g/mol. The number of hydrogen-bond donors (Lipinski definition) is 2. The van der Waals surface area contributed by atoms with Crippen LogP contribution in [0.1, 0.15) is 5.56 Å². The summed E-state index contributed by atoms with van der Waals surface area (Å²) in [7, 11) is 1.59. The number of methoxy groups -OCH3 is 1. The summed E-state index contributed by atoms with van der Waals surface area (Å²) in [6.45, 7) is 0. The lowest BCUT2D eigenvalue weighted by Gasteiger charge is -2.09. The van der Waals surface area contributed by atoms with Gasteiger partial charge in [-0.25, -0.2) is 5.84 Å². The van der Waals surface area contributed by atoms with Crippen molar-refractivity contribution >= 4 is 27.9 Å².